The molecular weight excluding hydrogens is 867 g/mol. The van der Waals surface area contributed by atoms with Crippen LogP contribution in [0.15, 0.2) is 140 Å². The second-order valence-electron chi connectivity index (χ2n) is 15.7. The molecule has 3 aromatic heterocycles. The summed E-state index contributed by atoms with van der Waals surface area (Å²) < 4.78 is 37.6. The fourth-order valence-electron chi connectivity index (χ4n) is 7.71. The molecule has 0 radical (unpaired) electrons. The van der Waals surface area contributed by atoms with Gasteiger partial charge in [-0.2, -0.15) is 9.97 Å². The lowest BCUT2D eigenvalue weighted by molar-refractivity contribution is 0.308. The lowest BCUT2D eigenvalue weighted by atomic mass is 9.88. The van der Waals surface area contributed by atoms with Gasteiger partial charge in [0.1, 0.15) is 58.5 Å². The number of hydrogen-bond acceptors (Lipinski definition) is 16. The van der Waals surface area contributed by atoms with Crippen molar-refractivity contribution in [2.45, 2.75) is 37.7 Å². The molecule has 10 rings (SSSR count). The van der Waals surface area contributed by atoms with Crippen molar-refractivity contribution in [3.63, 3.8) is 0 Å². The molecule has 0 unspecified atom stereocenters. The Morgan fingerprint density at radius 3 is 1.82 bits per heavy atom. The van der Waals surface area contributed by atoms with Crippen LogP contribution in [0.25, 0.3) is 22.0 Å². The molecule has 6 aromatic carbocycles. The van der Waals surface area contributed by atoms with E-state index >= 15 is 0 Å². The number of nitrogen functional groups attached to an aromatic ring is 5. The molecule has 1 saturated carbocycles. The third-order valence-electron chi connectivity index (χ3n) is 11.2. The highest BCUT2D eigenvalue weighted by molar-refractivity contribution is 5.85. The van der Waals surface area contributed by atoms with Crippen molar-refractivity contribution in [2.24, 2.45) is 0 Å². The van der Waals surface area contributed by atoms with Crippen molar-refractivity contribution in [3.05, 3.63) is 191 Å². The van der Waals surface area contributed by atoms with Crippen LogP contribution in [0.2, 0.25) is 0 Å². The summed E-state index contributed by atoms with van der Waals surface area (Å²) >= 11 is 0. The maximum atomic E-state index is 13.2. The van der Waals surface area contributed by atoms with Gasteiger partial charge in [0.05, 0.1) is 13.0 Å². The van der Waals surface area contributed by atoms with E-state index in [4.69, 9.17) is 38.1 Å². The van der Waals surface area contributed by atoms with Crippen LogP contribution < -0.4 is 38.1 Å². The molecule has 16 nitrogen and oxygen atoms in total. The highest BCUT2D eigenvalue weighted by atomic mass is 19.1. The number of ether oxygens (including phenoxy) is 2. The largest absolute Gasteiger partial charge is 0.497 e. The number of anilines is 5. The summed E-state index contributed by atoms with van der Waals surface area (Å²) in [4.78, 5) is 12.1. The van der Waals surface area contributed by atoms with Crippen molar-refractivity contribution in [2.75, 3.05) is 35.8 Å². The quantitative estimate of drug-likeness (QED) is 0.0877. The molecule has 342 valence electrons. The normalized spacial score (nSPS) is 12.3. The van der Waals surface area contributed by atoms with Gasteiger partial charge in [-0.1, -0.05) is 91.0 Å². The summed E-state index contributed by atoms with van der Waals surface area (Å²) in [6.45, 7) is 2.16. The van der Waals surface area contributed by atoms with Crippen molar-refractivity contribution in [1.29, 1.82) is 0 Å². The number of rotatable bonds is 10. The number of benzene rings is 6. The van der Waals surface area contributed by atoms with E-state index in [0.717, 1.165) is 46.4 Å². The Morgan fingerprint density at radius 1 is 0.588 bits per heavy atom. The minimum absolute atomic E-state index is 0.0506. The maximum Gasteiger partial charge on any atom is 0.242 e. The van der Waals surface area contributed by atoms with Gasteiger partial charge in [0.25, 0.3) is 0 Å². The Bertz CT molecular complexity index is 3130. The molecule has 18 heteroatoms. The fourth-order valence-corrected chi connectivity index (χ4v) is 7.71. The van der Waals surface area contributed by atoms with Crippen LogP contribution in [0.3, 0.4) is 0 Å². The first-order chi connectivity index (χ1) is 32.9. The predicted octanol–water partition coefficient (Wildman–Crippen LogP) is 7.78. The third-order valence-corrected chi connectivity index (χ3v) is 11.2. The van der Waals surface area contributed by atoms with Crippen LogP contribution in [0.5, 0.6) is 11.5 Å². The predicted molar refractivity (Wildman–Crippen MR) is 257 cm³/mol. The molecule has 0 spiro atoms. The Hall–Kier alpha value is -8.93. The van der Waals surface area contributed by atoms with Gasteiger partial charge in [0.2, 0.25) is 11.9 Å². The minimum Gasteiger partial charge on any atom is -0.497 e. The summed E-state index contributed by atoms with van der Waals surface area (Å²) in [6, 6.07) is 41.9. The number of aromatic nitrogens is 9. The Labute approximate surface area is 389 Å². The Morgan fingerprint density at radius 2 is 1.21 bits per heavy atom. The van der Waals surface area contributed by atoms with E-state index in [1.165, 1.54) is 35.0 Å². The number of nitrogens with two attached hydrogens (primary N) is 5. The second kappa shape index (κ2) is 20.1. The van der Waals surface area contributed by atoms with Gasteiger partial charge in [-0.3, -0.25) is 0 Å². The summed E-state index contributed by atoms with van der Waals surface area (Å²) in [5.74, 6) is 1.92. The zero-order chi connectivity index (χ0) is 47.8. The number of halogens is 2. The Kier molecular flexibility index (Phi) is 13.5. The fraction of sp³-hybridized carbons (Fsp3) is 0.140. The lowest BCUT2D eigenvalue weighted by Crippen LogP contribution is -2.17. The molecule has 0 aliphatic heterocycles. The van der Waals surface area contributed by atoms with Gasteiger partial charge in [-0.15, -0.1) is 30.6 Å². The lowest BCUT2D eigenvalue weighted by Gasteiger charge is -2.18. The molecule has 1 aliphatic rings. The topological polar surface area (TPSA) is 265 Å². The van der Waals surface area contributed by atoms with E-state index in [0.29, 0.717) is 41.1 Å². The van der Waals surface area contributed by atoms with Gasteiger partial charge < -0.3 is 38.1 Å². The van der Waals surface area contributed by atoms with E-state index in [2.05, 4.69) is 69.8 Å². The van der Waals surface area contributed by atoms with Gasteiger partial charge in [-0.25, -0.2) is 13.8 Å². The smallest absolute Gasteiger partial charge is 0.242 e. The van der Waals surface area contributed by atoms with Gasteiger partial charge in [-0.05, 0) is 101 Å². The number of methoxy groups -OCH3 is 1. The molecule has 0 saturated heterocycles. The summed E-state index contributed by atoms with van der Waals surface area (Å²) in [5, 5.41) is 26.2. The second-order valence-corrected chi connectivity index (χ2v) is 15.7. The van der Waals surface area contributed by atoms with E-state index in [1.54, 1.807) is 38.3 Å². The van der Waals surface area contributed by atoms with Crippen molar-refractivity contribution in [3.8, 4) is 22.8 Å². The first-order valence-electron chi connectivity index (χ1n) is 21.2. The SMILES string of the molecule is COc1ccc(C2(c3nnc(N)nc3N)CC2)cc1.Cc1nnc(C(c2ccc(F)cc2)c2ccc(F)cc2)c(N)n1.Nc1nnc(-c2cccc(OCc3cccc4ccccc34)c2)c(N)n1. The standard InChI is InChI=1S/C20H17N5O.C17H14F2N4.C13H15N5O/c21-19-18(24-25-20(22)23-19)14-7-4-9-16(11-14)26-12-15-8-3-6-13-5-1-2-10-17(13)15;1-10-21-17(20)16(23-22-10)15(11-2-6-13(18)7-3-11)12-4-8-14(19)9-5-12;1-19-9-4-2-8(3-5-9)13(6-7-13)10-11(14)16-12(15)18-17-10/h1-11H,12H2,(H4,21,22,23,25);2-9,15H,1H3,(H2,20,21,22);2-5H,6-7H2,1H3,(H4,14,15,16,18). The number of fused-ring (bicyclic) bond motifs is 1. The van der Waals surface area contributed by atoms with Crippen LogP contribution >= 0.6 is 0 Å². The van der Waals surface area contributed by atoms with Gasteiger partial charge in [0.15, 0.2) is 11.6 Å². The van der Waals surface area contributed by atoms with Gasteiger partial charge >= 0.3 is 0 Å². The molecule has 0 atom stereocenters. The number of nitrogens with zero attached hydrogens (tertiary/aromatic N) is 9. The number of aryl methyl sites for hydroxylation is 1. The molecule has 0 bridgehead atoms. The average Bonchev–Trinajstić information content (AvgIpc) is 4.15. The maximum absolute atomic E-state index is 13.2. The molecule has 1 fully saturated rings. The Balaban J connectivity index is 0.000000140. The minimum atomic E-state index is -0.406. The first-order valence-corrected chi connectivity index (χ1v) is 21.2. The van der Waals surface area contributed by atoms with Gasteiger partial charge in [0, 0.05) is 11.0 Å². The zero-order valence-corrected chi connectivity index (χ0v) is 37.0. The zero-order valence-electron chi connectivity index (χ0n) is 37.0. The molecule has 68 heavy (non-hydrogen) atoms. The summed E-state index contributed by atoms with van der Waals surface area (Å²) in [7, 11) is 1.65. The molecular formula is C50H46F2N14O2. The van der Waals surface area contributed by atoms with E-state index < -0.39 is 5.92 Å². The first kappa shape index (κ1) is 45.6. The van der Waals surface area contributed by atoms with Crippen molar-refractivity contribution < 1.29 is 18.3 Å². The van der Waals surface area contributed by atoms with E-state index in [9.17, 15) is 8.78 Å². The molecule has 3 heterocycles. The molecule has 1 aliphatic carbocycles. The van der Waals surface area contributed by atoms with Crippen molar-refractivity contribution in [1.82, 2.24) is 45.5 Å². The summed E-state index contributed by atoms with van der Waals surface area (Å²) in [5.41, 5.74) is 34.9. The van der Waals surface area contributed by atoms with Crippen LogP contribution in [0.1, 0.15) is 58.2 Å². The molecule has 0 amide bonds. The average molecular weight is 913 g/mol. The molecule has 10 N–H and O–H groups in total. The van der Waals surface area contributed by atoms with Crippen LogP contribution in [-0.2, 0) is 12.0 Å². The molecule has 9 aromatic rings. The van der Waals surface area contributed by atoms with Crippen LogP contribution in [0, 0.1) is 18.6 Å². The van der Waals surface area contributed by atoms with E-state index in [-0.39, 0.29) is 40.6 Å². The van der Waals surface area contributed by atoms with Crippen LogP contribution in [-0.4, -0.2) is 52.7 Å². The monoisotopic (exact) mass is 912 g/mol. The highest BCUT2D eigenvalue weighted by Crippen LogP contribution is 2.54. The van der Waals surface area contributed by atoms with E-state index in [1.807, 2.05) is 66.7 Å². The van der Waals surface area contributed by atoms with Crippen LogP contribution in [0.4, 0.5) is 38.1 Å². The highest BCUT2D eigenvalue weighted by Gasteiger charge is 2.49. The third kappa shape index (κ3) is 10.4. The summed E-state index contributed by atoms with van der Waals surface area (Å²) in [6.07, 6.45) is 1.98. The number of hydrogen-bond donors (Lipinski definition) is 5. The van der Waals surface area contributed by atoms with Crippen molar-refractivity contribution >= 4 is 40.1 Å².